The molecule has 0 aromatic heterocycles. The minimum absolute atomic E-state index is 0.678. The van der Waals surface area contributed by atoms with Gasteiger partial charge in [-0.2, -0.15) is 0 Å². The van der Waals surface area contributed by atoms with E-state index in [0.29, 0.717) is 5.92 Å². The van der Waals surface area contributed by atoms with Gasteiger partial charge in [-0.3, -0.25) is 0 Å². The van der Waals surface area contributed by atoms with Crippen molar-refractivity contribution in [1.82, 2.24) is 9.80 Å². The molecule has 1 fully saturated rings. The highest BCUT2D eigenvalue weighted by atomic mass is 35.5. The highest BCUT2D eigenvalue weighted by molar-refractivity contribution is 6.30. The Hall–Kier alpha value is -1.55. The molecule has 2 aliphatic heterocycles. The van der Waals surface area contributed by atoms with Crippen molar-refractivity contribution >= 4 is 11.6 Å². The van der Waals surface area contributed by atoms with E-state index in [9.17, 15) is 0 Å². The highest BCUT2D eigenvalue weighted by Gasteiger charge is 2.20. The Kier molecular flexibility index (Phi) is 7.12. The minimum Gasteiger partial charge on any atom is -0.494 e. The number of benzene rings is 2. The molecular weight excluding hydrogens is 380 g/mol. The van der Waals surface area contributed by atoms with Crippen molar-refractivity contribution in [3.8, 4) is 5.75 Å². The molecule has 2 aliphatic rings. The molecule has 4 rings (SSSR count). The van der Waals surface area contributed by atoms with Crippen molar-refractivity contribution in [3.05, 3.63) is 64.2 Å². The summed E-state index contributed by atoms with van der Waals surface area (Å²) < 4.78 is 6.08. The second-order valence-corrected chi connectivity index (χ2v) is 9.08. The van der Waals surface area contributed by atoms with E-state index in [1.54, 1.807) is 0 Å². The van der Waals surface area contributed by atoms with Crippen molar-refractivity contribution in [2.45, 2.75) is 44.6 Å². The van der Waals surface area contributed by atoms with Crippen molar-refractivity contribution < 1.29 is 4.74 Å². The molecule has 2 heterocycles. The molecule has 0 aliphatic carbocycles. The normalized spacial score (nSPS) is 19.0. The van der Waals surface area contributed by atoms with Crippen LogP contribution in [0.25, 0.3) is 0 Å². The summed E-state index contributed by atoms with van der Waals surface area (Å²) in [6.45, 7) is 6.50. The van der Waals surface area contributed by atoms with Gasteiger partial charge in [0, 0.05) is 18.1 Å². The van der Waals surface area contributed by atoms with Crippen LogP contribution in [0.15, 0.2) is 42.5 Å². The number of fused-ring (bicyclic) bond motifs is 1. The quantitative estimate of drug-likeness (QED) is 0.593. The minimum atomic E-state index is 0.678. The maximum atomic E-state index is 6.08. The van der Waals surface area contributed by atoms with E-state index in [0.717, 1.165) is 36.9 Å². The number of piperidine rings is 1. The molecule has 0 bridgehead atoms. The molecule has 29 heavy (non-hydrogen) atoms. The van der Waals surface area contributed by atoms with Gasteiger partial charge in [0.15, 0.2) is 0 Å². The first-order chi connectivity index (χ1) is 14.2. The lowest BCUT2D eigenvalue weighted by molar-refractivity contribution is 0.193. The molecule has 2 aromatic carbocycles. The van der Waals surface area contributed by atoms with E-state index in [1.165, 1.54) is 62.0 Å². The molecular formula is C25H33ClN2O. The van der Waals surface area contributed by atoms with E-state index in [2.05, 4.69) is 47.2 Å². The number of nitrogens with zero attached hydrogens (tertiary/aromatic N) is 2. The number of likely N-dealkylation sites (tertiary alicyclic amines) is 1. The van der Waals surface area contributed by atoms with Crippen LogP contribution < -0.4 is 4.74 Å². The lowest BCUT2D eigenvalue weighted by Gasteiger charge is -2.32. The topological polar surface area (TPSA) is 15.7 Å². The fourth-order valence-electron chi connectivity index (χ4n) is 4.70. The van der Waals surface area contributed by atoms with E-state index in [-0.39, 0.29) is 0 Å². The molecule has 1 saturated heterocycles. The largest absolute Gasteiger partial charge is 0.494 e. The zero-order valence-corrected chi connectivity index (χ0v) is 18.3. The summed E-state index contributed by atoms with van der Waals surface area (Å²) in [5.41, 5.74) is 4.36. The molecule has 0 atom stereocenters. The maximum Gasteiger partial charge on any atom is 0.119 e. The van der Waals surface area contributed by atoms with E-state index < -0.39 is 0 Å². The molecule has 4 heteroatoms. The lowest BCUT2D eigenvalue weighted by Crippen LogP contribution is -2.34. The molecule has 0 unspecified atom stereocenters. The summed E-state index contributed by atoms with van der Waals surface area (Å²) in [5.74, 6) is 1.71. The van der Waals surface area contributed by atoms with Gasteiger partial charge in [-0.1, -0.05) is 29.8 Å². The molecule has 3 nitrogen and oxygen atoms in total. The third kappa shape index (κ3) is 5.75. The summed E-state index contributed by atoms with van der Waals surface area (Å²) in [5, 5.41) is 0.827. The van der Waals surface area contributed by atoms with Gasteiger partial charge in [0.2, 0.25) is 0 Å². The summed E-state index contributed by atoms with van der Waals surface area (Å²) >= 11 is 6.02. The molecule has 0 radical (unpaired) electrons. The van der Waals surface area contributed by atoms with Crippen LogP contribution in [-0.2, 0) is 13.0 Å². The number of halogens is 1. The monoisotopic (exact) mass is 412 g/mol. The van der Waals surface area contributed by atoms with Gasteiger partial charge < -0.3 is 14.5 Å². The van der Waals surface area contributed by atoms with Gasteiger partial charge in [0.25, 0.3) is 0 Å². The number of hydrogen-bond acceptors (Lipinski definition) is 3. The summed E-state index contributed by atoms with van der Waals surface area (Å²) in [4.78, 5) is 4.99. The fraction of sp³-hybridized carbons (Fsp3) is 0.520. The summed E-state index contributed by atoms with van der Waals surface area (Å²) in [6, 6.07) is 15.1. The van der Waals surface area contributed by atoms with Crippen molar-refractivity contribution in [2.75, 3.05) is 39.8 Å². The Morgan fingerprint density at radius 3 is 2.59 bits per heavy atom. The van der Waals surface area contributed by atoms with Crippen LogP contribution in [0.2, 0.25) is 5.02 Å². The second-order valence-electron chi connectivity index (χ2n) is 8.64. The third-order valence-electron chi connectivity index (χ3n) is 6.42. The highest BCUT2D eigenvalue weighted by Crippen LogP contribution is 2.29. The van der Waals surface area contributed by atoms with Crippen molar-refractivity contribution in [3.63, 3.8) is 0 Å². The molecule has 0 N–H and O–H groups in total. The zero-order valence-electron chi connectivity index (χ0n) is 17.6. The van der Waals surface area contributed by atoms with Gasteiger partial charge in [-0.05, 0) is 106 Å². The van der Waals surface area contributed by atoms with E-state index in [1.807, 2.05) is 12.1 Å². The Balaban J connectivity index is 1.18. The van der Waals surface area contributed by atoms with E-state index >= 15 is 0 Å². The number of hydrogen-bond donors (Lipinski definition) is 0. The third-order valence-corrected chi connectivity index (χ3v) is 6.67. The number of rotatable bonds is 6. The number of ether oxygens (including phenoxy) is 1. The SMILES string of the molecule is CN1CCCc2ccc(OCCCN3CCC(c4ccc(Cl)cc4)CC3)cc2C1. The Bertz CT molecular complexity index is 784. The van der Waals surface area contributed by atoms with Crippen LogP contribution in [0.4, 0.5) is 0 Å². The predicted octanol–water partition coefficient (Wildman–Crippen LogP) is 5.37. The second kappa shape index (κ2) is 9.97. The Morgan fingerprint density at radius 1 is 1.00 bits per heavy atom. The maximum absolute atomic E-state index is 6.08. The van der Waals surface area contributed by atoms with Crippen LogP contribution >= 0.6 is 11.6 Å². The first-order valence-corrected chi connectivity index (χ1v) is 11.5. The van der Waals surface area contributed by atoms with Crippen LogP contribution in [-0.4, -0.2) is 49.6 Å². The molecule has 0 saturated carbocycles. The first-order valence-electron chi connectivity index (χ1n) is 11.1. The zero-order chi connectivity index (χ0) is 20.1. The fourth-order valence-corrected chi connectivity index (χ4v) is 4.82. The number of aryl methyl sites for hydroxylation is 1. The van der Waals surface area contributed by atoms with E-state index in [4.69, 9.17) is 16.3 Å². The lowest BCUT2D eigenvalue weighted by atomic mass is 9.89. The standard InChI is InChI=1S/C25H33ClN2O/c1-27-13-2-4-20-7-10-25(18-23(20)19-27)29-17-3-14-28-15-11-22(12-16-28)21-5-8-24(26)9-6-21/h5-10,18,22H,2-4,11-17,19H2,1H3. The summed E-state index contributed by atoms with van der Waals surface area (Å²) in [7, 11) is 2.21. The average Bonchev–Trinajstić information content (AvgIpc) is 2.92. The first kappa shape index (κ1) is 20.7. The van der Waals surface area contributed by atoms with Gasteiger partial charge >= 0.3 is 0 Å². The Morgan fingerprint density at radius 2 is 1.79 bits per heavy atom. The van der Waals surface area contributed by atoms with Gasteiger partial charge in [-0.15, -0.1) is 0 Å². The molecule has 0 spiro atoms. The van der Waals surface area contributed by atoms with Crippen LogP contribution in [0, 0.1) is 0 Å². The molecule has 156 valence electrons. The van der Waals surface area contributed by atoms with Crippen molar-refractivity contribution in [1.29, 1.82) is 0 Å². The summed E-state index contributed by atoms with van der Waals surface area (Å²) in [6.07, 6.45) is 5.99. The molecule has 2 aromatic rings. The van der Waals surface area contributed by atoms with Crippen LogP contribution in [0.1, 0.15) is 48.3 Å². The smallest absolute Gasteiger partial charge is 0.119 e. The van der Waals surface area contributed by atoms with Gasteiger partial charge in [0.1, 0.15) is 5.75 Å². The van der Waals surface area contributed by atoms with Gasteiger partial charge in [0.05, 0.1) is 6.61 Å². The van der Waals surface area contributed by atoms with Crippen LogP contribution in [0.3, 0.4) is 0 Å². The van der Waals surface area contributed by atoms with Gasteiger partial charge in [-0.25, -0.2) is 0 Å². The van der Waals surface area contributed by atoms with Crippen LogP contribution in [0.5, 0.6) is 5.75 Å². The average molecular weight is 413 g/mol. The van der Waals surface area contributed by atoms with Crippen molar-refractivity contribution in [2.24, 2.45) is 0 Å². The molecule has 0 amide bonds. The Labute approximate surface area is 180 Å². The predicted molar refractivity (Wildman–Crippen MR) is 121 cm³/mol.